The average molecular weight is 1020 g/mol. The molecule has 8 nitrogen and oxygen atoms in total. The Balaban J connectivity index is 3.86. The van der Waals surface area contributed by atoms with E-state index in [2.05, 4.69) is 31.3 Å². The number of hydrogen-bond acceptors (Lipinski definition) is 5. The van der Waals surface area contributed by atoms with E-state index in [1.54, 1.807) is 6.08 Å². The summed E-state index contributed by atoms with van der Waals surface area (Å²) in [6.07, 6.45) is 69.1. The van der Waals surface area contributed by atoms with Crippen LogP contribution in [0.2, 0.25) is 0 Å². The first-order valence-corrected chi connectivity index (χ1v) is 32.7. The Bertz CT molecular complexity index is 1210. The van der Waals surface area contributed by atoms with Gasteiger partial charge in [-0.2, -0.15) is 0 Å². The number of likely N-dealkylation sites (N-methyl/N-ethyl adjacent to an activating group) is 1. The van der Waals surface area contributed by atoms with Crippen molar-refractivity contribution in [1.29, 1.82) is 0 Å². The van der Waals surface area contributed by atoms with Crippen LogP contribution in [-0.4, -0.2) is 73.4 Å². The van der Waals surface area contributed by atoms with Gasteiger partial charge in [0.15, 0.2) is 0 Å². The standard InChI is InChI=1S/C62H123N2O6P/c1-6-8-10-12-14-16-18-20-21-22-23-24-25-26-27-28-29-30-31-32-33-34-35-36-37-38-39-40-41-42-43-44-46-48-50-52-54-56-62(66)63-60(59-70-71(67,68)69-58-57-64(3,4)5)61(65)55-53-51-49-47-45-19-17-15-13-11-9-7-2/h45,47,53,55,60-61,65H,6-44,46,48-52,54,56-59H2,1-5H3,(H-,63,66,67,68)/p+1/b47-45+,55-53+. The number of aliphatic hydroxyl groups excluding tert-OH is 1. The fourth-order valence-electron chi connectivity index (χ4n) is 9.53. The van der Waals surface area contributed by atoms with Gasteiger partial charge < -0.3 is 19.8 Å². The Labute approximate surface area is 443 Å². The first kappa shape index (κ1) is 70.0. The summed E-state index contributed by atoms with van der Waals surface area (Å²) in [5.74, 6) is -0.182. The van der Waals surface area contributed by atoms with Gasteiger partial charge >= 0.3 is 7.82 Å². The molecule has 0 spiro atoms. The second kappa shape index (κ2) is 53.8. The van der Waals surface area contributed by atoms with Gasteiger partial charge in [0.1, 0.15) is 13.2 Å². The number of nitrogens with one attached hydrogen (secondary N) is 1. The van der Waals surface area contributed by atoms with E-state index in [9.17, 15) is 19.4 Å². The topological polar surface area (TPSA) is 105 Å². The lowest BCUT2D eigenvalue weighted by atomic mass is 10.0. The maximum absolute atomic E-state index is 12.9. The number of phosphoric acid groups is 1. The van der Waals surface area contributed by atoms with Crippen LogP contribution in [0.5, 0.6) is 0 Å². The summed E-state index contributed by atoms with van der Waals surface area (Å²) in [6.45, 7) is 4.81. The molecule has 9 heteroatoms. The molecule has 0 aromatic carbocycles. The van der Waals surface area contributed by atoms with Crippen LogP contribution in [-0.2, 0) is 18.4 Å². The molecule has 0 rings (SSSR count). The molecular weight excluding hydrogens is 900 g/mol. The molecule has 3 N–H and O–H groups in total. The van der Waals surface area contributed by atoms with Gasteiger partial charge in [-0.15, -0.1) is 0 Å². The quantitative estimate of drug-likeness (QED) is 0.0243. The number of carbonyl (C=O) groups is 1. The third kappa shape index (κ3) is 56.5. The van der Waals surface area contributed by atoms with E-state index in [0.29, 0.717) is 17.4 Å². The van der Waals surface area contributed by atoms with Crippen molar-refractivity contribution >= 4 is 13.7 Å². The summed E-state index contributed by atoms with van der Waals surface area (Å²) in [5.41, 5.74) is 0. The number of rotatable bonds is 58. The van der Waals surface area contributed by atoms with Crippen molar-refractivity contribution in [3.05, 3.63) is 24.3 Å². The number of quaternary nitrogens is 1. The third-order valence-corrected chi connectivity index (χ3v) is 15.4. The molecule has 0 aromatic rings. The number of aliphatic hydroxyl groups is 1. The Morgan fingerprint density at radius 2 is 0.775 bits per heavy atom. The molecular formula is C62H124N2O6P+. The smallest absolute Gasteiger partial charge is 0.387 e. The molecule has 3 unspecified atom stereocenters. The van der Waals surface area contributed by atoms with E-state index in [-0.39, 0.29) is 19.1 Å². The van der Waals surface area contributed by atoms with Gasteiger partial charge in [0, 0.05) is 6.42 Å². The molecule has 0 saturated heterocycles. The third-order valence-electron chi connectivity index (χ3n) is 14.4. The van der Waals surface area contributed by atoms with E-state index in [1.165, 1.54) is 257 Å². The highest BCUT2D eigenvalue weighted by Crippen LogP contribution is 2.43. The predicted molar refractivity (Wildman–Crippen MR) is 309 cm³/mol. The van der Waals surface area contributed by atoms with Crippen LogP contribution >= 0.6 is 7.82 Å². The summed E-state index contributed by atoms with van der Waals surface area (Å²) in [7, 11) is 1.57. The SMILES string of the molecule is CCCCCCCC/C=C/CC/C=C/C(O)C(COP(=O)(O)OCC[N+](C)(C)C)NC(=O)CCCCCCCCCCCCCCCCCCCCCCCCCCCCCCCCCCCCCCC. The molecule has 422 valence electrons. The first-order valence-electron chi connectivity index (χ1n) is 31.2. The number of hydrogen-bond donors (Lipinski definition) is 3. The largest absolute Gasteiger partial charge is 0.472 e. The lowest BCUT2D eigenvalue weighted by Gasteiger charge is -2.25. The second-order valence-electron chi connectivity index (χ2n) is 22.8. The zero-order chi connectivity index (χ0) is 52.0. The van der Waals surface area contributed by atoms with Gasteiger partial charge in [-0.1, -0.05) is 301 Å². The fraction of sp³-hybridized carbons (Fsp3) is 0.919. The van der Waals surface area contributed by atoms with Crippen molar-refractivity contribution in [1.82, 2.24) is 5.32 Å². The highest BCUT2D eigenvalue weighted by molar-refractivity contribution is 7.47. The van der Waals surface area contributed by atoms with Crippen molar-refractivity contribution in [2.75, 3.05) is 40.9 Å². The van der Waals surface area contributed by atoms with Gasteiger partial charge in [-0.25, -0.2) is 4.57 Å². The van der Waals surface area contributed by atoms with Gasteiger partial charge in [-0.05, 0) is 32.1 Å². The summed E-state index contributed by atoms with van der Waals surface area (Å²) in [4.78, 5) is 23.2. The molecule has 0 bridgehead atoms. The molecule has 71 heavy (non-hydrogen) atoms. The highest BCUT2D eigenvalue weighted by Gasteiger charge is 2.27. The normalized spacial score (nSPS) is 14.0. The van der Waals surface area contributed by atoms with Crippen molar-refractivity contribution in [2.24, 2.45) is 0 Å². The summed E-state index contributed by atoms with van der Waals surface area (Å²) in [5, 5.41) is 13.9. The zero-order valence-corrected chi connectivity index (χ0v) is 49.1. The fourth-order valence-corrected chi connectivity index (χ4v) is 10.3. The molecule has 0 aliphatic carbocycles. The number of carbonyl (C=O) groups excluding carboxylic acids is 1. The van der Waals surface area contributed by atoms with Crippen LogP contribution in [0.1, 0.15) is 316 Å². The van der Waals surface area contributed by atoms with E-state index >= 15 is 0 Å². The number of phosphoric ester groups is 1. The minimum atomic E-state index is -4.35. The molecule has 0 fully saturated rings. The monoisotopic (exact) mass is 1020 g/mol. The molecule has 0 aliphatic rings. The predicted octanol–water partition coefficient (Wildman–Crippen LogP) is 19.2. The van der Waals surface area contributed by atoms with Crippen LogP contribution in [0, 0.1) is 0 Å². The van der Waals surface area contributed by atoms with Gasteiger partial charge in [0.25, 0.3) is 0 Å². The second-order valence-corrected chi connectivity index (χ2v) is 24.2. The van der Waals surface area contributed by atoms with Crippen LogP contribution in [0.15, 0.2) is 24.3 Å². The van der Waals surface area contributed by atoms with E-state index in [0.717, 1.165) is 38.5 Å². The molecule has 1 amide bonds. The lowest BCUT2D eigenvalue weighted by Crippen LogP contribution is -2.45. The van der Waals surface area contributed by atoms with Crippen LogP contribution in [0.25, 0.3) is 0 Å². The van der Waals surface area contributed by atoms with Crippen LogP contribution in [0.4, 0.5) is 0 Å². The molecule has 0 radical (unpaired) electrons. The molecule has 0 heterocycles. The van der Waals surface area contributed by atoms with Crippen molar-refractivity contribution in [3.8, 4) is 0 Å². The van der Waals surface area contributed by atoms with E-state index in [4.69, 9.17) is 9.05 Å². The highest BCUT2D eigenvalue weighted by atomic mass is 31.2. The maximum Gasteiger partial charge on any atom is 0.472 e. The van der Waals surface area contributed by atoms with Crippen molar-refractivity contribution in [2.45, 2.75) is 328 Å². The Morgan fingerprint density at radius 1 is 0.465 bits per heavy atom. The Morgan fingerprint density at radius 3 is 1.13 bits per heavy atom. The summed E-state index contributed by atoms with van der Waals surface area (Å²) >= 11 is 0. The van der Waals surface area contributed by atoms with Gasteiger partial charge in [0.05, 0.1) is 39.9 Å². The van der Waals surface area contributed by atoms with Gasteiger partial charge in [-0.3, -0.25) is 13.8 Å². The average Bonchev–Trinajstić information content (AvgIpc) is 3.33. The number of unbranched alkanes of at least 4 members (excludes halogenated alkanes) is 43. The maximum atomic E-state index is 12.9. The van der Waals surface area contributed by atoms with Crippen molar-refractivity contribution < 1.29 is 32.9 Å². The van der Waals surface area contributed by atoms with Crippen LogP contribution < -0.4 is 5.32 Å². The minimum Gasteiger partial charge on any atom is -0.387 e. The van der Waals surface area contributed by atoms with E-state index < -0.39 is 20.0 Å². The number of amides is 1. The first-order chi connectivity index (χ1) is 34.5. The van der Waals surface area contributed by atoms with Crippen molar-refractivity contribution in [3.63, 3.8) is 0 Å². The number of allylic oxidation sites excluding steroid dienone is 3. The van der Waals surface area contributed by atoms with E-state index in [1.807, 2.05) is 27.2 Å². The summed E-state index contributed by atoms with van der Waals surface area (Å²) < 4.78 is 23.6. The lowest BCUT2D eigenvalue weighted by molar-refractivity contribution is -0.870. The molecule has 0 aromatic heterocycles. The molecule has 0 aliphatic heterocycles. The summed E-state index contributed by atoms with van der Waals surface area (Å²) in [6, 6.07) is -0.859. The Hall–Kier alpha value is -1.02. The molecule has 0 saturated carbocycles. The Kier molecular flexibility index (Phi) is 53.0. The zero-order valence-electron chi connectivity index (χ0n) is 48.2. The minimum absolute atomic E-state index is 0.0584. The van der Waals surface area contributed by atoms with Gasteiger partial charge in [0.2, 0.25) is 5.91 Å². The van der Waals surface area contributed by atoms with Crippen LogP contribution in [0.3, 0.4) is 0 Å². The molecule has 3 atom stereocenters. The number of nitrogens with zero attached hydrogens (tertiary/aromatic N) is 1.